The van der Waals surface area contributed by atoms with Crippen LogP contribution in [-0.2, 0) is 4.79 Å². The third kappa shape index (κ3) is 5.03. The van der Waals surface area contributed by atoms with Crippen molar-refractivity contribution in [3.05, 3.63) is 94.5 Å². The van der Waals surface area contributed by atoms with Crippen LogP contribution in [-0.4, -0.2) is 36.5 Å². The van der Waals surface area contributed by atoms with E-state index in [-0.39, 0.29) is 23.9 Å². The average molecular weight is 508 g/mol. The van der Waals surface area contributed by atoms with Gasteiger partial charge in [0, 0.05) is 22.6 Å². The number of anilines is 1. The van der Waals surface area contributed by atoms with E-state index in [1.807, 2.05) is 61.5 Å². The summed E-state index contributed by atoms with van der Waals surface area (Å²) in [6.45, 7) is 2.47. The molecule has 3 amide bonds. The smallest absolute Gasteiger partial charge is 0.325 e. The van der Waals surface area contributed by atoms with E-state index in [0.29, 0.717) is 12.3 Å². The summed E-state index contributed by atoms with van der Waals surface area (Å²) in [7, 11) is 1.59. The Labute approximate surface area is 202 Å². The normalized spacial score (nSPS) is 17.4. The molecule has 2 N–H and O–H groups in total. The van der Waals surface area contributed by atoms with Gasteiger partial charge in [0.15, 0.2) is 0 Å². The predicted molar refractivity (Wildman–Crippen MR) is 132 cm³/mol. The molecular weight excluding hydrogens is 482 g/mol. The third-order valence-electron chi connectivity index (χ3n) is 6.01. The SMILES string of the molecule is COc1ccc([C@H]2NC(=O)N([C@H](CNc3ccc(Br)cc3)[C@@H](C)c3ccccc3)C2=O)cc1. The van der Waals surface area contributed by atoms with Gasteiger partial charge in [-0.2, -0.15) is 0 Å². The van der Waals surface area contributed by atoms with Crippen LogP contribution in [0.15, 0.2) is 83.3 Å². The Bertz CT molecular complexity index is 1100. The Morgan fingerprint density at radius 3 is 2.30 bits per heavy atom. The van der Waals surface area contributed by atoms with Gasteiger partial charge in [0.2, 0.25) is 0 Å². The van der Waals surface area contributed by atoms with E-state index < -0.39 is 6.04 Å². The highest BCUT2D eigenvalue weighted by atomic mass is 79.9. The Morgan fingerprint density at radius 2 is 1.67 bits per heavy atom. The van der Waals surface area contributed by atoms with E-state index in [1.54, 1.807) is 31.4 Å². The van der Waals surface area contributed by atoms with Crippen LogP contribution in [0.25, 0.3) is 0 Å². The van der Waals surface area contributed by atoms with Gasteiger partial charge in [0.05, 0.1) is 13.2 Å². The summed E-state index contributed by atoms with van der Waals surface area (Å²) in [5, 5.41) is 6.26. The zero-order valence-electron chi connectivity index (χ0n) is 18.5. The fraction of sp³-hybridized carbons (Fsp3) is 0.231. The number of methoxy groups -OCH3 is 1. The number of carbonyl (C=O) groups excluding carboxylic acids is 2. The molecule has 0 radical (unpaired) electrons. The quantitative estimate of drug-likeness (QED) is 0.404. The van der Waals surface area contributed by atoms with Gasteiger partial charge in [-0.1, -0.05) is 65.3 Å². The highest BCUT2D eigenvalue weighted by Gasteiger charge is 2.44. The standard InChI is InChI=1S/C26H26BrN3O3/c1-17(18-6-4-3-5-7-18)23(16-28-21-12-10-20(27)11-13-21)30-25(31)24(29-26(30)32)19-8-14-22(33-2)15-9-19/h3-15,17,23-24,28H,16H2,1-2H3,(H,29,32)/t17-,23+,24+/m0/s1. The molecule has 4 rings (SSSR count). The molecule has 0 bridgehead atoms. The summed E-state index contributed by atoms with van der Waals surface area (Å²) in [6, 6.07) is 23.5. The van der Waals surface area contributed by atoms with Gasteiger partial charge in [-0.25, -0.2) is 4.79 Å². The van der Waals surface area contributed by atoms with Crippen molar-refractivity contribution in [1.82, 2.24) is 10.2 Å². The number of amides is 3. The average Bonchev–Trinajstić information content (AvgIpc) is 3.14. The maximum atomic E-state index is 13.5. The summed E-state index contributed by atoms with van der Waals surface area (Å²) in [5.41, 5.74) is 2.71. The van der Waals surface area contributed by atoms with Crippen molar-refractivity contribution in [2.75, 3.05) is 19.0 Å². The molecular formula is C26H26BrN3O3. The van der Waals surface area contributed by atoms with Gasteiger partial charge >= 0.3 is 6.03 Å². The number of ether oxygens (including phenoxy) is 1. The molecule has 0 aromatic heterocycles. The van der Waals surface area contributed by atoms with Crippen molar-refractivity contribution >= 4 is 33.6 Å². The van der Waals surface area contributed by atoms with Gasteiger partial charge in [-0.15, -0.1) is 0 Å². The maximum absolute atomic E-state index is 13.5. The first kappa shape index (κ1) is 22.9. The summed E-state index contributed by atoms with van der Waals surface area (Å²) in [6.07, 6.45) is 0. The van der Waals surface area contributed by atoms with Gasteiger partial charge < -0.3 is 15.4 Å². The highest BCUT2D eigenvalue weighted by molar-refractivity contribution is 9.10. The highest BCUT2D eigenvalue weighted by Crippen LogP contribution is 2.31. The number of nitrogens with zero attached hydrogens (tertiary/aromatic N) is 1. The lowest BCUT2D eigenvalue weighted by molar-refractivity contribution is -0.129. The molecule has 0 aliphatic carbocycles. The fourth-order valence-electron chi connectivity index (χ4n) is 4.09. The first-order valence-corrected chi connectivity index (χ1v) is 11.6. The summed E-state index contributed by atoms with van der Waals surface area (Å²) in [5.74, 6) is 0.371. The number of halogens is 1. The van der Waals surface area contributed by atoms with Gasteiger partial charge in [-0.3, -0.25) is 9.69 Å². The molecule has 1 aliphatic rings. The summed E-state index contributed by atoms with van der Waals surface area (Å²) >= 11 is 3.45. The Hall–Kier alpha value is -3.32. The van der Waals surface area contributed by atoms with E-state index in [1.165, 1.54) is 4.90 Å². The zero-order chi connectivity index (χ0) is 23.4. The molecule has 3 aromatic rings. The molecule has 0 saturated carbocycles. The number of rotatable bonds is 8. The molecule has 6 nitrogen and oxygen atoms in total. The summed E-state index contributed by atoms with van der Waals surface area (Å²) in [4.78, 5) is 27.9. The molecule has 170 valence electrons. The van der Waals surface area contributed by atoms with Crippen LogP contribution < -0.4 is 15.4 Å². The molecule has 1 aliphatic heterocycles. The fourth-order valence-corrected chi connectivity index (χ4v) is 4.36. The van der Waals surface area contributed by atoms with Gasteiger partial charge in [-0.05, 0) is 47.5 Å². The first-order chi connectivity index (χ1) is 16.0. The van der Waals surface area contributed by atoms with Crippen LogP contribution in [0.2, 0.25) is 0 Å². The lowest BCUT2D eigenvalue weighted by Gasteiger charge is -2.31. The lowest BCUT2D eigenvalue weighted by Crippen LogP contribution is -2.47. The number of carbonyl (C=O) groups is 2. The second-order valence-electron chi connectivity index (χ2n) is 8.02. The second-order valence-corrected chi connectivity index (χ2v) is 8.93. The molecule has 1 saturated heterocycles. The second kappa shape index (κ2) is 10.1. The first-order valence-electron chi connectivity index (χ1n) is 10.8. The Morgan fingerprint density at radius 1 is 1.00 bits per heavy atom. The van der Waals surface area contributed by atoms with Crippen molar-refractivity contribution in [3.8, 4) is 5.75 Å². The predicted octanol–water partition coefficient (Wildman–Crippen LogP) is 5.34. The maximum Gasteiger partial charge on any atom is 0.325 e. The third-order valence-corrected chi connectivity index (χ3v) is 6.54. The van der Waals surface area contributed by atoms with Crippen molar-refractivity contribution < 1.29 is 14.3 Å². The lowest BCUT2D eigenvalue weighted by atomic mass is 9.91. The van der Waals surface area contributed by atoms with Gasteiger partial charge in [0.25, 0.3) is 5.91 Å². The Balaban J connectivity index is 1.61. The Kier molecular flexibility index (Phi) is 6.99. The van der Waals surface area contributed by atoms with E-state index in [4.69, 9.17) is 4.74 Å². The van der Waals surface area contributed by atoms with Crippen molar-refractivity contribution in [2.24, 2.45) is 0 Å². The number of benzene rings is 3. The minimum absolute atomic E-state index is 0.0709. The molecule has 33 heavy (non-hydrogen) atoms. The van der Waals surface area contributed by atoms with Crippen LogP contribution in [0.4, 0.5) is 10.5 Å². The van der Waals surface area contributed by atoms with Crippen LogP contribution in [0.1, 0.15) is 30.0 Å². The van der Waals surface area contributed by atoms with Crippen molar-refractivity contribution in [3.63, 3.8) is 0 Å². The summed E-state index contributed by atoms with van der Waals surface area (Å²) < 4.78 is 6.19. The molecule has 0 spiro atoms. The van der Waals surface area contributed by atoms with Gasteiger partial charge in [0.1, 0.15) is 11.8 Å². The number of hydrogen-bond acceptors (Lipinski definition) is 4. The number of imide groups is 1. The minimum Gasteiger partial charge on any atom is -0.497 e. The van der Waals surface area contributed by atoms with E-state index >= 15 is 0 Å². The van der Waals surface area contributed by atoms with Crippen LogP contribution >= 0.6 is 15.9 Å². The number of nitrogens with one attached hydrogen (secondary N) is 2. The van der Waals surface area contributed by atoms with E-state index in [0.717, 1.165) is 21.3 Å². The van der Waals surface area contributed by atoms with Crippen LogP contribution in [0, 0.1) is 0 Å². The molecule has 1 fully saturated rings. The topological polar surface area (TPSA) is 70.7 Å². The van der Waals surface area contributed by atoms with Crippen molar-refractivity contribution in [2.45, 2.75) is 24.9 Å². The van der Waals surface area contributed by atoms with E-state index in [2.05, 4.69) is 26.6 Å². The minimum atomic E-state index is -0.721. The molecule has 3 aromatic carbocycles. The van der Waals surface area contributed by atoms with Crippen LogP contribution in [0.3, 0.4) is 0 Å². The number of urea groups is 1. The van der Waals surface area contributed by atoms with Crippen molar-refractivity contribution in [1.29, 1.82) is 0 Å². The van der Waals surface area contributed by atoms with E-state index in [9.17, 15) is 9.59 Å². The molecule has 3 atom stereocenters. The molecule has 7 heteroatoms. The largest absolute Gasteiger partial charge is 0.497 e. The number of hydrogen-bond donors (Lipinski definition) is 2. The monoisotopic (exact) mass is 507 g/mol. The molecule has 1 heterocycles. The van der Waals surface area contributed by atoms with Crippen LogP contribution in [0.5, 0.6) is 5.75 Å². The zero-order valence-corrected chi connectivity index (χ0v) is 20.1. The molecule has 0 unspecified atom stereocenters.